The van der Waals surface area contributed by atoms with Crippen LogP contribution in [0.1, 0.15) is 86.5 Å². The van der Waals surface area contributed by atoms with E-state index in [-0.39, 0.29) is 39.1 Å². The van der Waals surface area contributed by atoms with E-state index in [9.17, 15) is 14.7 Å². The first-order chi connectivity index (χ1) is 19.2. The van der Waals surface area contributed by atoms with Crippen LogP contribution in [0.25, 0.3) is 0 Å². The van der Waals surface area contributed by atoms with Gasteiger partial charge in [-0.1, -0.05) is 52.3 Å². The highest BCUT2D eigenvalue weighted by atomic mass is 16.5. The minimum absolute atomic E-state index is 0.0189. The second-order valence-electron chi connectivity index (χ2n) is 14.8. The third-order valence-electron chi connectivity index (χ3n) is 12.8. The SMILES string of the molecule is COc1ccc(NC(=O)[C@]2(C)CC[C@]3(C)CC[C@]4(C)C5=CC=C6C(=CC(=O)C(O)=C6C)[C@]5(C)CC[C@@]4(C)[C@@H]3C2)cc1. The van der Waals surface area contributed by atoms with Crippen LogP contribution in [0.4, 0.5) is 5.69 Å². The summed E-state index contributed by atoms with van der Waals surface area (Å²) in [4.78, 5) is 26.6. The molecule has 5 nitrogen and oxygen atoms in total. The van der Waals surface area contributed by atoms with Gasteiger partial charge < -0.3 is 15.2 Å². The quantitative estimate of drug-likeness (QED) is 0.394. The molecule has 5 aliphatic carbocycles. The predicted molar refractivity (Wildman–Crippen MR) is 163 cm³/mol. The number of carbonyl (C=O) groups excluding carboxylic acids is 2. The number of fused-ring (bicyclic) bond motifs is 7. The summed E-state index contributed by atoms with van der Waals surface area (Å²) in [7, 11) is 1.65. The van der Waals surface area contributed by atoms with Crippen LogP contribution in [0.2, 0.25) is 0 Å². The Hall–Kier alpha value is -3.08. The van der Waals surface area contributed by atoms with Crippen molar-refractivity contribution in [3.63, 3.8) is 0 Å². The number of hydrogen-bond acceptors (Lipinski definition) is 4. The molecule has 0 radical (unpaired) electrons. The normalized spacial score (nSPS) is 39.7. The van der Waals surface area contributed by atoms with Crippen molar-refractivity contribution in [2.24, 2.45) is 33.0 Å². The molecule has 0 heterocycles. The van der Waals surface area contributed by atoms with Crippen LogP contribution < -0.4 is 10.1 Å². The number of amides is 1. The predicted octanol–water partition coefficient (Wildman–Crippen LogP) is 8.26. The standard InChI is InChI=1S/C36H45NO4/c1-22-25-12-13-28-34(4,26(25)20-27(38)30(22)39)17-19-36(6)29-21-33(3,15-14-32(29,2)16-18-35(28,36)5)31(40)37-23-8-10-24(41-7)11-9-23/h8-13,20,29,39H,14-19,21H2,1-7H3,(H,37,40)/t29-,32-,33-,34+,35-,36+/m1/s1. The van der Waals surface area contributed by atoms with E-state index in [0.717, 1.165) is 67.5 Å². The van der Waals surface area contributed by atoms with Crippen LogP contribution in [-0.2, 0) is 9.59 Å². The van der Waals surface area contributed by atoms with Gasteiger partial charge in [0.2, 0.25) is 11.7 Å². The van der Waals surface area contributed by atoms with Crippen LogP contribution >= 0.6 is 0 Å². The fourth-order valence-corrected chi connectivity index (χ4v) is 9.62. The molecule has 1 aromatic rings. The van der Waals surface area contributed by atoms with Gasteiger partial charge in [-0.2, -0.15) is 0 Å². The Morgan fingerprint density at radius 3 is 2.32 bits per heavy atom. The highest BCUT2D eigenvalue weighted by molar-refractivity contribution is 6.06. The van der Waals surface area contributed by atoms with Gasteiger partial charge in [0.1, 0.15) is 5.75 Å². The number of nitrogens with one attached hydrogen (secondary N) is 1. The Morgan fingerprint density at radius 1 is 0.951 bits per heavy atom. The van der Waals surface area contributed by atoms with Crippen molar-refractivity contribution in [3.8, 4) is 5.75 Å². The second kappa shape index (κ2) is 8.96. The van der Waals surface area contributed by atoms with Crippen LogP contribution in [0.15, 0.2) is 70.5 Å². The maximum Gasteiger partial charge on any atom is 0.230 e. The molecule has 0 aromatic heterocycles. The molecule has 0 unspecified atom stereocenters. The molecule has 2 N–H and O–H groups in total. The largest absolute Gasteiger partial charge is 0.504 e. The molecular formula is C36H45NO4. The van der Waals surface area contributed by atoms with Gasteiger partial charge in [-0.3, -0.25) is 9.59 Å². The third-order valence-corrected chi connectivity index (χ3v) is 12.8. The fraction of sp³-hybridized carbons (Fsp3) is 0.556. The van der Waals surface area contributed by atoms with Gasteiger partial charge in [0.15, 0.2) is 5.76 Å². The van der Waals surface area contributed by atoms with Crippen molar-refractivity contribution < 1.29 is 19.4 Å². The smallest absolute Gasteiger partial charge is 0.230 e. The summed E-state index contributed by atoms with van der Waals surface area (Å²) in [6, 6.07) is 7.59. The summed E-state index contributed by atoms with van der Waals surface area (Å²) in [5.74, 6) is 0.876. The molecular weight excluding hydrogens is 510 g/mol. The number of hydrogen-bond donors (Lipinski definition) is 2. The van der Waals surface area contributed by atoms with E-state index in [4.69, 9.17) is 4.74 Å². The van der Waals surface area contributed by atoms with Crippen molar-refractivity contribution >= 4 is 17.4 Å². The van der Waals surface area contributed by atoms with E-state index >= 15 is 0 Å². The molecule has 5 aliphatic rings. The summed E-state index contributed by atoms with van der Waals surface area (Å²) >= 11 is 0. The monoisotopic (exact) mass is 555 g/mol. The fourth-order valence-electron chi connectivity index (χ4n) is 9.62. The van der Waals surface area contributed by atoms with Crippen LogP contribution in [0.5, 0.6) is 5.75 Å². The average molecular weight is 556 g/mol. The molecule has 0 bridgehead atoms. The maximum absolute atomic E-state index is 13.9. The number of aliphatic hydroxyl groups excluding tert-OH is 1. The molecule has 218 valence electrons. The molecule has 6 rings (SSSR count). The lowest BCUT2D eigenvalue weighted by atomic mass is 9.34. The number of anilines is 1. The van der Waals surface area contributed by atoms with Gasteiger partial charge >= 0.3 is 0 Å². The molecule has 41 heavy (non-hydrogen) atoms. The third kappa shape index (κ3) is 3.79. The van der Waals surface area contributed by atoms with Gasteiger partial charge in [0, 0.05) is 22.1 Å². The molecule has 1 amide bonds. The van der Waals surface area contributed by atoms with Crippen LogP contribution in [-0.4, -0.2) is 23.9 Å². The molecule has 1 aromatic carbocycles. The summed E-state index contributed by atoms with van der Waals surface area (Å²) in [5, 5.41) is 13.6. The highest BCUT2D eigenvalue weighted by Gasteiger charge is 2.67. The number of aliphatic hydroxyl groups is 1. The second-order valence-corrected chi connectivity index (χ2v) is 14.8. The zero-order valence-corrected chi connectivity index (χ0v) is 25.7. The van der Waals surface area contributed by atoms with Gasteiger partial charge in [-0.15, -0.1) is 0 Å². The Labute approximate surface area is 244 Å². The van der Waals surface area contributed by atoms with Crippen molar-refractivity contribution in [2.75, 3.05) is 12.4 Å². The summed E-state index contributed by atoms with van der Waals surface area (Å²) in [6.07, 6.45) is 13.2. The van der Waals surface area contributed by atoms with E-state index in [1.54, 1.807) is 13.2 Å². The summed E-state index contributed by atoms with van der Waals surface area (Å²) < 4.78 is 5.29. The number of rotatable bonds is 3. The lowest BCUT2D eigenvalue weighted by molar-refractivity contribution is -0.166. The van der Waals surface area contributed by atoms with Crippen molar-refractivity contribution in [1.82, 2.24) is 0 Å². The lowest BCUT2D eigenvalue weighted by Gasteiger charge is -2.70. The number of ketones is 1. The average Bonchev–Trinajstić information content (AvgIpc) is 2.95. The maximum atomic E-state index is 13.9. The van der Waals surface area contributed by atoms with Crippen molar-refractivity contribution in [2.45, 2.75) is 86.5 Å². The topological polar surface area (TPSA) is 75.6 Å². The molecule has 0 spiro atoms. The Morgan fingerprint density at radius 2 is 1.63 bits per heavy atom. The zero-order valence-electron chi connectivity index (χ0n) is 25.7. The van der Waals surface area contributed by atoms with E-state index in [2.05, 4.69) is 52.1 Å². The number of methoxy groups -OCH3 is 1. The van der Waals surface area contributed by atoms with Crippen LogP contribution in [0, 0.1) is 33.0 Å². The molecule has 0 saturated heterocycles. The molecule has 5 heteroatoms. The van der Waals surface area contributed by atoms with Gasteiger partial charge in [0.25, 0.3) is 0 Å². The van der Waals surface area contributed by atoms with E-state index < -0.39 is 5.41 Å². The van der Waals surface area contributed by atoms with Gasteiger partial charge in [-0.25, -0.2) is 0 Å². The Kier molecular flexibility index (Phi) is 6.13. The first-order valence-corrected chi connectivity index (χ1v) is 15.3. The zero-order chi connectivity index (χ0) is 29.6. The molecule has 3 saturated carbocycles. The summed E-state index contributed by atoms with van der Waals surface area (Å²) in [5.41, 5.74) is 4.45. The van der Waals surface area contributed by atoms with Crippen molar-refractivity contribution in [3.05, 3.63) is 70.5 Å². The first kappa shape index (κ1) is 28.1. The number of allylic oxidation sites excluding steroid dienone is 7. The minimum Gasteiger partial charge on any atom is -0.504 e. The van der Waals surface area contributed by atoms with E-state index in [0.29, 0.717) is 11.5 Å². The van der Waals surface area contributed by atoms with Gasteiger partial charge in [-0.05, 0) is 116 Å². The molecule has 3 fully saturated rings. The molecule has 6 atom stereocenters. The first-order valence-electron chi connectivity index (χ1n) is 15.3. The highest BCUT2D eigenvalue weighted by Crippen LogP contribution is 2.75. The summed E-state index contributed by atoms with van der Waals surface area (Å²) in [6.45, 7) is 13.8. The minimum atomic E-state index is -0.447. The number of ether oxygens (including phenoxy) is 1. The van der Waals surface area contributed by atoms with Crippen molar-refractivity contribution in [1.29, 1.82) is 0 Å². The van der Waals surface area contributed by atoms with Crippen LogP contribution in [0.3, 0.4) is 0 Å². The number of carbonyl (C=O) groups is 2. The molecule has 0 aliphatic heterocycles. The Bertz CT molecular complexity index is 1460. The lowest BCUT2D eigenvalue weighted by Crippen LogP contribution is -2.62. The Balaban J connectivity index is 1.35. The van der Waals surface area contributed by atoms with E-state index in [1.807, 2.05) is 31.2 Å². The van der Waals surface area contributed by atoms with Gasteiger partial charge in [0.05, 0.1) is 7.11 Å². The van der Waals surface area contributed by atoms with E-state index in [1.165, 1.54) is 5.57 Å². The number of benzene rings is 1.